The molecule has 2 nitrogen and oxygen atoms in total. The number of nitrogens with one attached hydrogen (secondary N) is 1. The van der Waals surface area contributed by atoms with Crippen molar-refractivity contribution in [3.8, 4) is 5.75 Å². The Kier molecular flexibility index (Phi) is 4.00. The summed E-state index contributed by atoms with van der Waals surface area (Å²) in [5, 5.41) is 3.89. The van der Waals surface area contributed by atoms with Crippen molar-refractivity contribution in [1.82, 2.24) is 5.32 Å². The van der Waals surface area contributed by atoms with Gasteiger partial charge in [-0.25, -0.2) is 0 Å². The van der Waals surface area contributed by atoms with E-state index in [0.29, 0.717) is 11.5 Å². The SMILES string of the molecule is CCC1(CNC2CC(C)(C)Oc3ccccc32)CCCC1. The fourth-order valence-electron chi connectivity index (χ4n) is 4.10. The van der Waals surface area contributed by atoms with Crippen LogP contribution < -0.4 is 10.1 Å². The first-order valence-electron chi connectivity index (χ1n) is 8.55. The minimum atomic E-state index is -0.0823. The van der Waals surface area contributed by atoms with E-state index in [4.69, 9.17) is 4.74 Å². The molecule has 0 radical (unpaired) electrons. The highest BCUT2D eigenvalue weighted by molar-refractivity contribution is 5.38. The maximum Gasteiger partial charge on any atom is 0.124 e. The summed E-state index contributed by atoms with van der Waals surface area (Å²) < 4.78 is 6.13. The first kappa shape index (κ1) is 14.9. The molecule has 3 rings (SSSR count). The standard InChI is InChI=1S/C19H29NO/c1-4-19(11-7-8-12-19)14-20-16-13-18(2,3)21-17-10-6-5-9-15(16)17/h5-6,9-10,16,20H,4,7-8,11-14H2,1-3H3. The van der Waals surface area contributed by atoms with Gasteiger partial charge in [-0.1, -0.05) is 38.0 Å². The quantitative estimate of drug-likeness (QED) is 0.855. The second-order valence-corrected chi connectivity index (χ2v) is 7.60. The Morgan fingerprint density at radius 1 is 1.19 bits per heavy atom. The van der Waals surface area contributed by atoms with E-state index in [1.807, 2.05) is 0 Å². The number of rotatable bonds is 4. The minimum absolute atomic E-state index is 0.0823. The number of fused-ring (bicyclic) bond motifs is 1. The summed E-state index contributed by atoms with van der Waals surface area (Å²) >= 11 is 0. The van der Waals surface area contributed by atoms with Crippen LogP contribution >= 0.6 is 0 Å². The van der Waals surface area contributed by atoms with E-state index in [1.165, 1.54) is 37.7 Å². The van der Waals surface area contributed by atoms with Crippen LogP contribution in [0.1, 0.15) is 70.9 Å². The topological polar surface area (TPSA) is 21.3 Å². The molecule has 1 aromatic rings. The van der Waals surface area contributed by atoms with E-state index in [1.54, 1.807) is 0 Å². The largest absolute Gasteiger partial charge is 0.487 e. The van der Waals surface area contributed by atoms with E-state index < -0.39 is 0 Å². The second-order valence-electron chi connectivity index (χ2n) is 7.60. The van der Waals surface area contributed by atoms with Crippen LogP contribution in [-0.4, -0.2) is 12.1 Å². The summed E-state index contributed by atoms with van der Waals surface area (Å²) in [6, 6.07) is 8.95. The summed E-state index contributed by atoms with van der Waals surface area (Å²) in [7, 11) is 0. The molecule has 1 saturated carbocycles. The third-order valence-corrected chi connectivity index (χ3v) is 5.51. The van der Waals surface area contributed by atoms with Gasteiger partial charge in [-0.3, -0.25) is 0 Å². The van der Waals surface area contributed by atoms with Crippen molar-refractivity contribution in [2.45, 2.75) is 70.9 Å². The highest BCUT2D eigenvalue weighted by Gasteiger charge is 2.36. The summed E-state index contributed by atoms with van der Waals surface area (Å²) in [6.45, 7) is 7.90. The molecule has 0 aromatic heterocycles. The zero-order valence-corrected chi connectivity index (χ0v) is 13.7. The van der Waals surface area contributed by atoms with Gasteiger partial charge in [0.15, 0.2) is 0 Å². The summed E-state index contributed by atoms with van der Waals surface area (Å²) in [6.07, 6.45) is 7.95. The second kappa shape index (κ2) is 5.64. The first-order chi connectivity index (χ1) is 10.0. The molecule has 1 N–H and O–H groups in total. The predicted octanol–water partition coefficient (Wildman–Crippen LogP) is 4.85. The molecule has 1 atom stereocenters. The molecule has 1 aliphatic carbocycles. The molecule has 116 valence electrons. The number of hydrogen-bond acceptors (Lipinski definition) is 2. The van der Waals surface area contributed by atoms with E-state index in [-0.39, 0.29) is 5.60 Å². The van der Waals surface area contributed by atoms with Crippen molar-refractivity contribution in [3.63, 3.8) is 0 Å². The fraction of sp³-hybridized carbons (Fsp3) is 0.684. The Hall–Kier alpha value is -1.02. The molecule has 2 heteroatoms. The predicted molar refractivity (Wildman–Crippen MR) is 87.7 cm³/mol. The third-order valence-electron chi connectivity index (χ3n) is 5.51. The molecule has 0 spiro atoms. The Morgan fingerprint density at radius 2 is 1.90 bits per heavy atom. The molecular weight excluding hydrogens is 258 g/mol. The maximum absolute atomic E-state index is 6.13. The molecule has 1 aromatic carbocycles. The van der Waals surface area contributed by atoms with Gasteiger partial charge in [0, 0.05) is 24.6 Å². The number of benzene rings is 1. The van der Waals surface area contributed by atoms with Gasteiger partial charge >= 0.3 is 0 Å². The molecule has 1 heterocycles. The lowest BCUT2D eigenvalue weighted by molar-refractivity contribution is 0.0629. The van der Waals surface area contributed by atoms with Crippen LogP contribution in [0.5, 0.6) is 5.75 Å². The van der Waals surface area contributed by atoms with Crippen LogP contribution in [0.2, 0.25) is 0 Å². The van der Waals surface area contributed by atoms with Gasteiger partial charge in [0.05, 0.1) is 0 Å². The summed E-state index contributed by atoms with van der Waals surface area (Å²) in [4.78, 5) is 0. The Labute approximate surface area is 129 Å². The van der Waals surface area contributed by atoms with Crippen LogP contribution in [0.15, 0.2) is 24.3 Å². The molecule has 0 saturated heterocycles. The average Bonchev–Trinajstić information content (AvgIpc) is 2.93. The Balaban J connectivity index is 1.75. The molecule has 1 fully saturated rings. The number of hydrogen-bond donors (Lipinski definition) is 1. The van der Waals surface area contributed by atoms with E-state index in [9.17, 15) is 0 Å². The average molecular weight is 287 g/mol. The monoisotopic (exact) mass is 287 g/mol. The van der Waals surface area contributed by atoms with E-state index in [2.05, 4.69) is 50.4 Å². The molecular formula is C19H29NO. The van der Waals surface area contributed by atoms with Crippen LogP contribution in [0.25, 0.3) is 0 Å². The molecule has 0 amide bonds. The van der Waals surface area contributed by atoms with Gasteiger partial charge in [-0.2, -0.15) is 0 Å². The fourth-order valence-corrected chi connectivity index (χ4v) is 4.10. The Bertz CT molecular complexity index is 488. The van der Waals surface area contributed by atoms with E-state index >= 15 is 0 Å². The lowest BCUT2D eigenvalue weighted by Crippen LogP contribution is -2.42. The maximum atomic E-state index is 6.13. The van der Waals surface area contributed by atoms with Crippen molar-refractivity contribution < 1.29 is 4.74 Å². The van der Waals surface area contributed by atoms with Gasteiger partial charge in [-0.15, -0.1) is 0 Å². The van der Waals surface area contributed by atoms with Crippen LogP contribution in [0, 0.1) is 5.41 Å². The normalized spacial score (nSPS) is 26.1. The van der Waals surface area contributed by atoms with E-state index in [0.717, 1.165) is 18.7 Å². The zero-order valence-electron chi connectivity index (χ0n) is 13.7. The van der Waals surface area contributed by atoms with Crippen LogP contribution in [-0.2, 0) is 0 Å². The van der Waals surface area contributed by atoms with Crippen molar-refractivity contribution in [1.29, 1.82) is 0 Å². The van der Waals surface area contributed by atoms with Crippen molar-refractivity contribution in [2.24, 2.45) is 5.41 Å². The first-order valence-corrected chi connectivity index (χ1v) is 8.55. The minimum Gasteiger partial charge on any atom is -0.487 e. The van der Waals surface area contributed by atoms with Gasteiger partial charge in [0.1, 0.15) is 11.4 Å². The number of ether oxygens (including phenoxy) is 1. The van der Waals surface area contributed by atoms with Gasteiger partial charge < -0.3 is 10.1 Å². The summed E-state index contributed by atoms with van der Waals surface area (Å²) in [5.41, 5.74) is 1.79. The van der Waals surface area contributed by atoms with Gasteiger partial charge in [0.2, 0.25) is 0 Å². The van der Waals surface area contributed by atoms with Gasteiger partial charge in [-0.05, 0) is 44.6 Å². The molecule has 1 unspecified atom stereocenters. The molecule has 21 heavy (non-hydrogen) atoms. The van der Waals surface area contributed by atoms with Crippen molar-refractivity contribution >= 4 is 0 Å². The highest BCUT2D eigenvalue weighted by atomic mass is 16.5. The Morgan fingerprint density at radius 3 is 2.62 bits per heavy atom. The molecule has 1 aliphatic heterocycles. The number of para-hydroxylation sites is 1. The molecule has 0 bridgehead atoms. The highest BCUT2D eigenvalue weighted by Crippen LogP contribution is 2.43. The lowest BCUT2D eigenvalue weighted by Gasteiger charge is -2.39. The van der Waals surface area contributed by atoms with Crippen LogP contribution in [0.3, 0.4) is 0 Å². The third kappa shape index (κ3) is 3.11. The smallest absolute Gasteiger partial charge is 0.124 e. The molecule has 2 aliphatic rings. The summed E-state index contributed by atoms with van der Waals surface area (Å²) in [5.74, 6) is 1.06. The van der Waals surface area contributed by atoms with Crippen molar-refractivity contribution in [2.75, 3.05) is 6.54 Å². The van der Waals surface area contributed by atoms with Gasteiger partial charge in [0.25, 0.3) is 0 Å². The van der Waals surface area contributed by atoms with Crippen molar-refractivity contribution in [3.05, 3.63) is 29.8 Å². The van der Waals surface area contributed by atoms with Crippen LogP contribution in [0.4, 0.5) is 0 Å². The lowest BCUT2D eigenvalue weighted by atomic mass is 9.82. The zero-order chi connectivity index (χ0) is 14.9.